The first kappa shape index (κ1) is 10.7. The first-order chi connectivity index (χ1) is 5.76. The van der Waals surface area contributed by atoms with Crippen LogP contribution in [0.4, 0.5) is 0 Å². The molecule has 0 N–H and O–H groups in total. The van der Waals surface area contributed by atoms with Gasteiger partial charge in [-0.15, -0.1) is 0 Å². The van der Waals surface area contributed by atoms with Gasteiger partial charge in [-0.1, -0.05) is 0 Å². The van der Waals surface area contributed by atoms with E-state index in [1.165, 1.54) is 7.11 Å². The summed E-state index contributed by atoms with van der Waals surface area (Å²) in [5, 5.41) is 8.48. The zero-order valence-corrected chi connectivity index (χ0v) is 7.16. The second kappa shape index (κ2) is 6.38. The van der Waals surface area contributed by atoms with Gasteiger partial charge in [0.15, 0.2) is 0 Å². The quantitative estimate of drug-likeness (QED) is 0.344. The van der Waals surface area contributed by atoms with Gasteiger partial charge in [-0.3, -0.25) is 4.79 Å². The molecule has 12 heavy (non-hydrogen) atoms. The van der Waals surface area contributed by atoms with Crippen molar-refractivity contribution >= 4 is 5.78 Å². The second-order valence-corrected chi connectivity index (χ2v) is 1.95. The standard InChI is InChI=1S/C8H11NO3/c1-3-12-5-7(4-9)8(10)6-11-2/h5H,3,6H2,1-2H3/b7-5-. The second-order valence-electron chi connectivity index (χ2n) is 1.95. The van der Waals surface area contributed by atoms with Crippen molar-refractivity contribution in [2.24, 2.45) is 0 Å². The molecule has 0 saturated heterocycles. The average Bonchev–Trinajstić information content (AvgIpc) is 2.06. The maximum Gasteiger partial charge on any atom is 0.202 e. The highest BCUT2D eigenvalue weighted by atomic mass is 16.5. The van der Waals surface area contributed by atoms with Gasteiger partial charge in [0, 0.05) is 7.11 Å². The Morgan fingerprint density at radius 3 is 2.75 bits per heavy atom. The molecule has 0 aliphatic rings. The van der Waals surface area contributed by atoms with Crippen LogP contribution in [-0.4, -0.2) is 26.1 Å². The zero-order chi connectivity index (χ0) is 9.40. The van der Waals surface area contributed by atoms with Crippen LogP contribution in [0.5, 0.6) is 0 Å². The summed E-state index contributed by atoms with van der Waals surface area (Å²) in [6.07, 6.45) is 1.15. The Bertz CT molecular complexity index is 215. The van der Waals surface area contributed by atoms with Gasteiger partial charge >= 0.3 is 0 Å². The largest absolute Gasteiger partial charge is 0.500 e. The summed E-state index contributed by atoms with van der Waals surface area (Å²) in [5.74, 6) is -0.367. The fourth-order valence-electron chi connectivity index (χ4n) is 0.530. The highest BCUT2D eigenvalue weighted by Gasteiger charge is 2.07. The molecule has 4 nitrogen and oxygen atoms in total. The normalized spacial score (nSPS) is 10.6. The van der Waals surface area contributed by atoms with E-state index in [0.717, 1.165) is 6.26 Å². The van der Waals surface area contributed by atoms with Crippen LogP contribution in [0.25, 0.3) is 0 Å². The summed E-state index contributed by atoms with van der Waals surface area (Å²) in [7, 11) is 1.40. The Balaban J connectivity index is 4.16. The minimum atomic E-state index is -0.367. The number of ether oxygens (including phenoxy) is 2. The SMILES string of the molecule is CCO/C=C(/C#N)C(=O)COC. The fraction of sp³-hybridized carbons (Fsp3) is 0.500. The zero-order valence-electron chi connectivity index (χ0n) is 7.16. The first-order valence-electron chi connectivity index (χ1n) is 3.50. The molecule has 0 aliphatic heterocycles. The van der Waals surface area contributed by atoms with Gasteiger partial charge in [0.2, 0.25) is 5.78 Å². The summed E-state index contributed by atoms with van der Waals surface area (Å²) >= 11 is 0. The monoisotopic (exact) mass is 169 g/mol. The molecule has 0 rings (SSSR count). The molecule has 0 heterocycles. The van der Waals surface area contributed by atoms with Crippen LogP contribution >= 0.6 is 0 Å². The Labute approximate surface area is 71.4 Å². The Hall–Kier alpha value is -1.34. The van der Waals surface area contributed by atoms with E-state index >= 15 is 0 Å². The highest BCUT2D eigenvalue weighted by Crippen LogP contribution is 1.95. The van der Waals surface area contributed by atoms with E-state index in [2.05, 4.69) is 4.74 Å². The van der Waals surface area contributed by atoms with Crippen LogP contribution in [-0.2, 0) is 14.3 Å². The molecule has 0 bridgehead atoms. The van der Waals surface area contributed by atoms with Crippen molar-refractivity contribution in [1.82, 2.24) is 0 Å². The molecule has 0 aliphatic carbocycles. The molecule has 0 amide bonds. The minimum Gasteiger partial charge on any atom is -0.500 e. The number of nitrogens with zero attached hydrogens (tertiary/aromatic N) is 1. The average molecular weight is 169 g/mol. The van der Waals surface area contributed by atoms with Crippen molar-refractivity contribution in [3.8, 4) is 6.07 Å². The summed E-state index contributed by atoms with van der Waals surface area (Å²) in [6, 6.07) is 1.73. The Morgan fingerprint density at radius 1 is 1.67 bits per heavy atom. The van der Waals surface area contributed by atoms with E-state index in [4.69, 9.17) is 10.00 Å². The van der Waals surface area contributed by atoms with Crippen LogP contribution in [0.1, 0.15) is 6.92 Å². The predicted octanol–water partition coefficient (Wildman–Crippen LogP) is 0.646. The van der Waals surface area contributed by atoms with Crippen molar-refractivity contribution in [3.05, 3.63) is 11.8 Å². The molecule has 0 unspecified atom stereocenters. The van der Waals surface area contributed by atoms with Crippen molar-refractivity contribution in [1.29, 1.82) is 5.26 Å². The molecule has 0 saturated carbocycles. The van der Waals surface area contributed by atoms with E-state index < -0.39 is 0 Å². The lowest BCUT2D eigenvalue weighted by molar-refractivity contribution is -0.118. The molecule has 0 spiro atoms. The molecule has 0 aromatic rings. The van der Waals surface area contributed by atoms with Crippen LogP contribution in [0.15, 0.2) is 11.8 Å². The third-order valence-corrected chi connectivity index (χ3v) is 1.06. The van der Waals surface area contributed by atoms with E-state index in [0.29, 0.717) is 6.61 Å². The summed E-state index contributed by atoms with van der Waals surface area (Å²) in [4.78, 5) is 11.0. The van der Waals surface area contributed by atoms with Gasteiger partial charge in [0.05, 0.1) is 6.61 Å². The number of Topliss-reactive ketones (excluding diaryl/α,β-unsaturated/α-hetero) is 1. The van der Waals surface area contributed by atoms with Gasteiger partial charge in [0.25, 0.3) is 0 Å². The smallest absolute Gasteiger partial charge is 0.202 e. The number of hydrogen-bond donors (Lipinski definition) is 0. The predicted molar refractivity (Wildman–Crippen MR) is 42.2 cm³/mol. The van der Waals surface area contributed by atoms with E-state index in [1.54, 1.807) is 13.0 Å². The lowest BCUT2D eigenvalue weighted by Crippen LogP contribution is -2.08. The van der Waals surface area contributed by atoms with Crippen molar-refractivity contribution in [2.45, 2.75) is 6.92 Å². The molecule has 0 radical (unpaired) electrons. The van der Waals surface area contributed by atoms with Gasteiger partial charge in [-0.2, -0.15) is 5.26 Å². The maximum absolute atomic E-state index is 11.0. The molecular weight excluding hydrogens is 158 g/mol. The van der Waals surface area contributed by atoms with Crippen LogP contribution in [0.3, 0.4) is 0 Å². The Kier molecular flexibility index (Phi) is 5.66. The number of methoxy groups -OCH3 is 1. The van der Waals surface area contributed by atoms with Gasteiger partial charge in [-0.05, 0) is 6.92 Å². The summed E-state index contributed by atoms with van der Waals surface area (Å²) in [6.45, 7) is 2.12. The van der Waals surface area contributed by atoms with Crippen LogP contribution in [0.2, 0.25) is 0 Å². The number of carbonyl (C=O) groups is 1. The topological polar surface area (TPSA) is 59.3 Å². The van der Waals surface area contributed by atoms with Gasteiger partial charge in [0.1, 0.15) is 24.5 Å². The van der Waals surface area contributed by atoms with Crippen molar-refractivity contribution < 1.29 is 14.3 Å². The van der Waals surface area contributed by atoms with Crippen molar-refractivity contribution in [2.75, 3.05) is 20.3 Å². The first-order valence-corrected chi connectivity index (χ1v) is 3.50. The lowest BCUT2D eigenvalue weighted by atomic mass is 10.2. The molecule has 4 heteroatoms. The minimum absolute atomic E-state index is 0.0151. The number of ketones is 1. The molecule has 0 aromatic heterocycles. The number of carbonyl (C=O) groups excluding carboxylic acids is 1. The molecule has 0 atom stereocenters. The fourth-order valence-corrected chi connectivity index (χ4v) is 0.530. The molecule has 66 valence electrons. The van der Waals surface area contributed by atoms with E-state index in [1.807, 2.05) is 0 Å². The van der Waals surface area contributed by atoms with Crippen molar-refractivity contribution in [3.63, 3.8) is 0 Å². The summed E-state index contributed by atoms with van der Waals surface area (Å²) < 4.78 is 9.36. The Morgan fingerprint density at radius 2 is 2.33 bits per heavy atom. The van der Waals surface area contributed by atoms with Gasteiger partial charge < -0.3 is 9.47 Å². The molecule has 0 aromatic carbocycles. The van der Waals surface area contributed by atoms with Crippen LogP contribution in [0, 0.1) is 11.3 Å². The third-order valence-electron chi connectivity index (χ3n) is 1.06. The third kappa shape index (κ3) is 3.74. The van der Waals surface area contributed by atoms with Gasteiger partial charge in [-0.25, -0.2) is 0 Å². The van der Waals surface area contributed by atoms with E-state index in [9.17, 15) is 4.79 Å². The van der Waals surface area contributed by atoms with E-state index in [-0.39, 0.29) is 18.0 Å². The number of hydrogen-bond acceptors (Lipinski definition) is 4. The summed E-state index contributed by atoms with van der Waals surface area (Å²) in [5.41, 5.74) is -0.0151. The van der Waals surface area contributed by atoms with Crippen LogP contribution < -0.4 is 0 Å². The lowest BCUT2D eigenvalue weighted by Gasteiger charge is -1.97. The highest BCUT2D eigenvalue weighted by molar-refractivity contribution is 5.99. The molecular formula is C8H11NO3. The number of nitriles is 1. The maximum atomic E-state index is 11.0. The molecule has 0 fully saturated rings. The number of rotatable bonds is 5.